The van der Waals surface area contributed by atoms with Gasteiger partial charge in [-0.1, -0.05) is 0 Å². The maximum atomic E-state index is 12.5. The molecule has 0 bridgehead atoms. The number of nitrogens with one attached hydrogen (secondary N) is 1. The summed E-state index contributed by atoms with van der Waals surface area (Å²) in [6.45, 7) is 0.0352. The summed E-state index contributed by atoms with van der Waals surface area (Å²) in [5, 5.41) is 9.29. The number of rotatable bonds is 1. The molecule has 1 fully saturated rings. The summed E-state index contributed by atoms with van der Waals surface area (Å²) in [6.07, 6.45) is -2.61. The number of hydrogen-bond donors (Lipinski definition) is 1. The van der Waals surface area contributed by atoms with E-state index in [0.29, 0.717) is 13.0 Å². The van der Waals surface area contributed by atoms with Gasteiger partial charge >= 0.3 is 6.18 Å². The minimum Gasteiger partial charge on any atom is -0.337 e. The minimum atomic E-state index is -4.25. The van der Waals surface area contributed by atoms with E-state index in [1.54, 1.807) is 0 Å². The van der Waals surface area contributed by atoms with Crippen molar-refractivity contribution in [3.05, 3.63) is 11.9 Å². The van der Waals surface area contributed by atoms with Crippen LogP contribution in [0.4, 0.5) is 13.2 Å². The van der Waals surface area contributed by atoms with Crippen LogP contribution in [0.15, 0.2) is 6.20 Å². The zero-order valence-electron chi connectivity index (χ0n) is 8.87. The van der Waals surface area contributed by atoms with E-state index in [9.17, 15) is 18.0 Å². The molecular formula is C9H11F3N4O. The average Bonchev–Trinajstić information content (AvgIpc) is 2.80. The van der Waals surface area contributed by atoms with E-state index >= 15 is 0 Å². The van der Waals surface area contributed by atoms with E-state index in [2.05, 4.69) is 15.4 Å². The molecule has 0 unspecified atom stereocenters. The molecule has 1 atom stereocenters. The van der Waals surface area contributed by atoms with E-state index in [1.165, 1.54) is 11.1 Å². The molecule has 5 nitrogen and oxygen atoms in total. The fraction of sp³-hybridized carbons (Fsp3) is 0.667. The standard InChI is InChI=1S/C9H11F3N4O/c10-9(11,12)6-2-1-3-16(5-6)8(17)7-4-13-15-14-7/h4,6H,1-3,5H2,(H,13,14,15)/t6-/m1/s1. The summed E-state index contributed by atoms with van der Waals surface area (Å²) >= 11 is 0. The van der Waals surface area contributed by atoms with E-state index in [0.717, 1.165) is 0 Å². The predicted molar refractivity (Wildman–Crippen MR) is 51.1 cm³/mol. The molecule has 1 aromatic rings. The van der Waals surface area contributed by atoms with Crippen LogP contribution in [0.25, 0.3) is 0 Å². The zero-order chi connectivity index (χ0) is 12.5. The Morgan fingerprint density at radius 3 is 2.88 bits per heavy atom. The first kappa shape index (κ1) is 11.9. The number of piperidine rings is 1. The Morgan fingerprint density at radius 1 is 1.53 bits per heavy atom. The molecule has 2 rings (SSSR count). The summed E-state index contributed by atoms with van der Waals surface area (Å²) in [6, 6.07) is 0. The van der Waals surface area contributed by atoms with Crippen molar-refractivity contribution in [3.8, 4) is 0 Å². The molecule has 0 aromatic carbocycles. The van der Waals surface area contributed by atoms with E-state index < -0.39 is 18.0 Å². The highest BCUT2D eigenvalue weighted by atomic mass is 19.4. The number of amides is 1. The fourth-order valence-corrected chi connectivity index (χ4v) is 1.90. The van der Waals surface area contributed by atoms with Gasteiger partial charge in [-0.15, -0.1) is 0 Å². The number of aromatic nitrogens is 3. The smallest absolute Gasteiger partial charge is 0.337 e. The molecule has 1 aliphatic heterocycles. The quantitative estimate of drug-likeness (QED) is 0.812. The summed E-state index contributed by atoms with van der Waals surface area (Å²) in [7, 11) is 0. The third-order valence-electron chi connectivity index (χ3n) is 2.81. The van der Waals surface area contributed by atoms with Crippen molar-refractivity contribution < 1.29 is 18.0 Å². The van der Waals surface area contributed by atoms with Crippen LogP contribution in [0.3, 0.4) is 0 Å². The maximum Gasteiger partial charge on any atom is 0.393 e. The number of carbonyl (C=O) groups excluding carboxylic acids is 1. The predicted octanol–water partition coefficient (Wildman–Crippen LogP) is 1.22. The fourth-order valence-electron chi connectivity index (χ4n) is 1.90. The Bertz CT molecular complexity index is 389. The first-order chi connectivity index (χ1) is 7.98. The van der Waals surface area contributed by atoms with Gasteiger partial charge in [-0.25, -0.2) is 0 Å². The molecule has 1 amide bonds. The molecule has 1 aromatic heterocycles. The number of H-pyrrole nitrogens is 1. The van der Waals surface area contributed by atoms with Gasteiger partial charge in [-0.05, 0) is 12.8 Å². The molecule has 2 heterocycles. The third-order valence-corrected chi connectivity index (χ3v) is 2.81. The lowest BCUT2D eigenvalue weighted by Crippen LogP contribution is -2.44. The summed E-state index contributed by atoms with van der Waals surface area (Å²) in [4.78, 5) is 12.9. The van der Waals surface area contributed by atoms with Crippen molar-refractivity contribution in [1.82, 2.24) is 20.3 Å². The normalized spacial score (nSPS) is 21.6. The second-order valence-corrected chi connectivity index (χ2v) is 3.99. The topological polar surface area (TPSA) is 61.9 Å². The van der Waals surface area contributed by atoms with Crippen LogP contribution in [0.1, 0.15) is 23.3 Å². The van der Waals surface area contributed by atoms with E-state index in [-0.39, 0.29) is 18.7 Å². The van der Waals surface area contributed by atoms with Crippen molar-refractivity contribution in [2.24, 2.45) is 5.92 Å². The molecule has 1 N–H and O–H groups in total. The zero-order valence-corrected chi connectivity index (χ0v) is 8.87. The van der Waals surface area contributed by atoms with Gasteiger partial charge in [0.25, 0.3) is 5.91 Å². The molecule has 1 aliphatic rings. The van der Waals surface area contributed by atoms with Gasteiger partial charge < -0.3 is 4.90 Å². The molecule has 0 radical (unpaired) electrons. The molecular weight excluding hydrogens is 237 g/mol. The van der Waals surface area contributed by atoms with E-state index in [4.69, 9.17) is 0 Å². The highest BCUT2D eigenvalue weighted by Gasteiger charge is 2.42. The Labute approximate surface area is 95.0 Å². The Kier molecular flexibility index (Phi) is 3.03. The van der Waals surface area contributed by atoms with Crippen molar-refractivity contribution in [2.45, 2.75) is 19.0 Å². The van der Waals surface area contributed by atoms with Gasteiger partial charge in [0.05, 0.1) is 12.1 Å². The van der Waals surface area contributed by atoms with Crippen molar-refractivity contribution >= 4 is 5.91 Å². The first-order valence-electron chi connectivity index (χ1n) is 5.20. The van der Waals surface area contributed by atoms with Crippen LogP contribution in [0.2, 0.25) is 0 Å². The SMILES string of the molecule is O=C(c1cn[nH]n1)N1CCC[C@@H](C(F)(F)F)C1. The number of likely N-dealkylation sites (tertiary alicyclic amines) is 1. The van der Waals surface area contributed by atoms with Crippen LogP contribution >= 0.6 is 0 Å². The van der Waals surface area contributed by atoms with Crippen LogP contribution < -0.4 is 0 Å². The molecule has 8 heteroatoms. The Hall–Kier alpha value is -1.60. The Balaban J connectivity index is 2.05. The summed E-state index contributed by atoms with van der Waals surface area (Å²) in [5.41, 5.74) is 0.0489. The maximum absolute atomic E-state index is 12.5. The molecule has 0 spiro atoms. The highest BCUT2D eigenvalue weighted by molar-refractivity contribution is 5.91. The van der Waals surface area contributed by atoms with Crippen molar-refractivity contribution in [2.75, 3.05) is 13.1 Å². The van der Waals surface area contributed by atoms with Gasteiger partial charge in [0.2, 0.25) is 0 Å². The second kappa shape index (κ2) is 4.34. The van der Waals surface area contributed by atoms with Gasteiger partial charge in [0.15, 0.2) is 5.69 Å². The number of alkyl halides is 3. The summed E-state index contributed by atoms with van der Waals surface area (Å²) in [5.74, 6) is -1.94. The van der Waals surface area contributed by atoms with Crippen molar-refractivity contribution in [3.63, 3.8) is 0 Å². The molecule has 17 heavy (non-hydrogen) atoms. The number of hydrogen-bond acceptors (Lipinski definition) is 3. The number of halogens is 3. The molecule has 0 saturated carbocycles. The number of carbonyl (C=O) groups is 1. The first-order valence-corrected chi connectivity index (χ1v) is 5.20. The lowest BCUT2D eigenvalue weighted by Gasteiger charge is -2.33. The van der Waals surface area contributed by atoms with Crippen LogP contribution in [0.5, 0.6) is 0 Å². The number of aromatic amines is 1. The molecule has 1 saturated heterocycles. The lowest BCUT2D eigenvalue weighted by atomic mass is 9.97. The van der Waals surface area contributed by atoms with Gasteiger partial charge in [0.1, 0.15) is 0 Å². The van der Waals surface area contributed by atoms with Crippen LogP contribution in [-0.2, 0) is 0 Å². The third kappa shape index (κ3) is 2.56. The van der Waals surface area contributed by atoms with Crippen LogP contribution in [-0.4, -0.2) is 45.5 Å². The largest absolute Gasteiger partial charge is 0.393 e. The van der Waals surface area contributed by atoms with Crippen molar-refractivity contribution in [1.29, 1.82) is 0 Å². The molecule has 0 aliphatic carbocycles. The minimum absolute atomic E-state index is 0.0489. The van der Waals surface area contributed by atoms with Gasteiger partial charge in [0, 0.05) is 13.1 Å². The second-order valence-electron chi connectivity index (χ2n) is 3.99. The lowest BCUT2D eigenvalue weighted by molar-refractivity contribution is -0.184. The highest BCUT2D eigenvalue weighted by Crippen LogP contribution is 2.33. The molecule has 94 valence electrons. The van der Waals surface area contributed by atoms with Gasteiger partial charge in [-0.3, -0.25) is 4.79 Å². The monoisotopic (exact) mass is 248 g/mol. The average molecular weight is 248 g/mol. The van der Waals surface area contributed by atoms with E-state index in [1.807, 2.05) is 0 Å². The van der Waals surface area contributed by atoms with Gasteiger partial charge in [-0.2, -0.15) is 28.6 Å². The summed E-state index contributed by atoms with van der Waals surface area (Å²) < 4.78 is 37.6. The number of nitrogens with zero attached hydrogens (tertiary/aromatic N) is 3. The Morgan fingerprint density at radius 2 is 2.29 bits per heavy atom. The van der Waals surface area contributed by atoms with Crippen LogP contribution in [0, 0.1) is 5.92 Å².